The lowest BCUT2D eigenvalue weighted by molar-refractivity contribution is 0.0942. The molecule has 2 heterocycles. The van der Waals surface area contributed by atoms with E-state index in [0.717, 1.165) is 4.88 Å². The standard InChI is InChI=1S/C10H12N4O2S/c1-2-12-9(15)8-13-10(16-14-8)7(11)6-4-3-5-17-6/h3-5,7H,2,11H2,1H3,(H,12,15). The number of aromatic nitrogens is 2. The first kappa shape index (κ1) is 11.7. The molecule has 6 nitrogen and oxygen atoms in total. The zero-order valence-electron chi connectivity index (χ0n) is 9.21. The van der Waals surface area contributed by atoms with Gasteiger partial charge in [0.25, 0.3) is 11.7 Å². The molecule has 1 amide bonds. The molecule has 3 N–H and O–H groups in total. The lowest BCUT2D eigenvalue weighted by Crippen LogP contribution is -2.24. The highest BCUT2D eigenvalue weighted by molar-refractivity contribution is 7.10. The Morgan fingerprint density at radius 3 is 3.18 bits per heavy atom. The van der Waals surface area contributed by atoms with Crippen molar-refractivity contribution < 1.29 is 9.32 Å². The van der Waals surface area contributed by atoms with Crippen molar-refractivity contribution in [3.05, 3.63) is 34.1 Å². The van der Waals surface area contributed by atoms with Crippen LogP contribution in [0.1, 0.15) is 34.4 Å². The number of nitrogens with one attached hydrogen (secondary N) is 1. The summed E-state index contributed by atoms with van der Waals surface area (Å²) in [6.45, 7) is 2.33. The first-order valence-electron chi connectivity index (χ1n) is 5.13. The highest BCUT2D eigenvalue weighted by atomic mass is 32.1. The van der Waals surface area contributed by atoms with Crippen LogP contribution in [0.5, 0.6) is 0 Å². The number of hydrogen-bond donors (Lipinski definition) is 2. The van der Waals surface area contributed by atoms with Gasteiger partial charge < -0.3 is 15.6 Å². The molecule has 0 bridgehead atoms. The summed E-state index contributed by atoms with van der Waals surface area (Å²) in [5, 5.41) is 8.09. The van der Waals surface area contributed by atoms with Crippen molar-refractivity contribution in [1.29, 1.82) is 0 Å². The minimum atomic E-state index is -0.481. The number of nitrogens with zero attached hydrogens (tertiary/aromatic N) is 2. The molecule has 1 atom stereocenters. The Morgan fingerprint density at radius 1 is 1.71 bits per heavy atom. The summed E-state index contributed by atoms with van der Waals surface area (Å²) in [5.74, 6) is -0.108. The van der Waals surface area contributed by atoms with E-state index in [4.69, 9.17) is 10.3 Å². The van der Waals surface area contributed by atoms with Crippen LogP contribution in [0.2, 0.25) is 0 Å². The second kappa shape index (κ2) is 5.07. The number of amides is 1. The van der Waals surface area contributed by atoms with Crippen molar-refractivity contribution >= 4 is 17.2 Å². The molecule has 0 aliphatic carbocycles. The maximum absolute atomic E-state index is 11.4. The number of nitrogens with two attached hydrogens (primary N) is 1. The number of carbonyl (C=O) groups is 1. The van der Waals surface area contributed by atoms with Crippen molar-refractivity contribution in [1.82, 2.24) is 15.5 Å². The van der Waals surface area contributed by atoms with Crippen molar-refractivity contribution in [3.8, 4) is 0 Å². The summed E-state index contributed by atoms with van der Waals surface area (Å²) in [4.78, 5) is 16.3. The van der Waals surface area contributed by atoms with E-state index in [9.17, 15) is 4.79 Å². The number of carbonyl (C=O) groups excluding carboxylic acids is 1. The molecule has 90 valence electrons. The molecule has 0 fully saturated rings. The van der Waals surface area contributed by atoms with Crippen LogP contribution < -0.4 is 11.1 Å². The van der Waals surface area contributed by atoms with E-state index >= 15 is 0 Å². The predicted molar refractivity (Wildman–Crippen MR) is 62.7 cm³/mol. The Balaban J connectivity index is 2.15. The van der Waals surface area contributed by atoms with Crippen LogP contribution in [0.25, 0.3) is 0 Å². The summed E-state index contributed by atoms with van der Waals surface area (Å²) >= 11 is 1.50. The van der Waals surface area contributed by atoms with Gasteiger partial charge in [-0.05, 0) is 18.4 Å². The second-order valence-corrected chi connectivity index (χ2v) is 4.29. The molecule has 7 heteroatoms. The van der Waals surface area contributed by atoms with Gasteiger partial charge in [-0.3, -0.25) is 4.79 Å². The third-order valence-corrected chi connectivity index (χ3v) is 3.05. The van der Waals surface area contributed by atoms with E-state index in [2.05, 4.69) is 15.5 Å². The number of thiophene rings is 1. The predicted octanol–water partition coefficient (Wildman–Crippen LogP) is 0.929. The van der Waals surface area contributed by atoms with Gasteiger partial charge in [0.15, 0.2) is 0 Å². The first-order chi connectivity index (χ1) is 8.22. The van der Waals surface area contributed by atoms with Gasteiger partial charge in [-0.25, -0.2) is 0 Å². The minimum Gasteiger partial charge on any atom is -0.349 e. The van der Waals surface area contributed by atoms with E-state index in [0.29, 0.717) is 6.54 Å². The highest BCUT2D eigenvalue weighted by Crippen LogP contribution is 2.22. The smallest absolute Gasteiger partial charge is 0.292 e. The molecule has 0 saturated carbocycles. The minimum absolute atomic E-state index is 0.00820. The zero-order valence-corrected chi connectivity index (χ0v) is 10.0. The third-order valence-electron chi connectivity index (χ3n) is 2.10. The third kappa shape index (κ3) is 2.51. The van der Waals surface area contributed by atoms with Crippen molar-refractivity contribution in [2.75, 3.05) is 6.54 Å². The average Bonchev–Trinajstić information content (AvgIpc) is 3.00. The van der Waals surface area contributed by atoms with Gasteiger partial charge >= 0.3 is 0 Å². The van der Waals surface area contributed by atoms with Gasteiger partial charge in [-0.1, -0.05) is 11.2 Å². The summed E-state index contributed by atoms with van der Waals surface area (Å²) in [5.41, 5.74) is 5.93. The van der Waals surface area contributed by atoms with Crippen LogP contribution in [0.3, 0.4) is 0 Å². The van der Waals surface area contributed by atoms with Gasteiger partial charge in [0, 0.05) is 11.4 Å². The maximum atomic E-state index is 11.4. The Bertz CT molecular complexity index is 494. The fraction of sp³-hybridized carbons (Fsp3) is 0.300. The van der Waals surface area contributed by atoms with E-state index in [1.54, 1.807) is 0 Å². The van der Waals surface area contributed by atoms with Crippen LogP contribution in [0.15, 0.2) is 22.0 Å². The van der Waals surface area contributed by atoms with E-state index in [1.807, 2.05) is 24.4 Å². The number of hydrogen-bond acceptors (Lipinski definition) is 6. The monoisotopic (exact) mass is 252 g/mol. The molecule has 0 aromatic carbocycles. The molecule has 0 radical (unpaired) electrons. The largest absolute Gasteiger partial charge is 0.349 e. The van der Waals surface area contributed by atoms with E-state index in [1.165, 1.54) is 11.3 Å². The molecule has 0 aliphatic rings. The summed E-state index contributed by atoms with van der Waals surface area (Å²) in [7, 11) is 0. The van der Waals surface area contributed by atoms with Crippen LogP contribution in [0.4, 0.5) is 0 Å². The molecule has 2 aromatic heterocycles. The molecule has 0 spiro atoms. The average molecular weight is 252 g/mol. The topological polar surface area (TPSA) is 94.0 Å². The lowest BCUT2D eigenvalue weighted by atomic mass is 10.2. The quantitative estimate of drug-likeness (QED) is 0.844. The first-order valence-corrected chi connectivity index (χ1v) is 6.01. The maximum Gasteiger partial charge on any atom is 0.292 e. The van der Waals surface area contributed by atoms with Crippen LogP contribution in [0, 0.1) is 0 Å². The van der Waals surface area contributed by atoms with Crippen molar-refractivity contribution in [3.63, 3.8) is 0 Å². The van der Waals surface area contributed by atoms with Gasteiger partial charge in [0.2, 0.25) is 5.89 Å². The molecule has 2 rings (SSSR count). The lowest BCUT2D eigenvalue weighted by Gasteiger charge is -2.01. The van der Waals surface area contributed by atoms with E-state index < -0.39 is 6.04 Å². The Hall–Kier alpha value is -1.73. The fourth-order valence-electron chi connectivity index (χ4n) is 1.28. The van der Waals surface area contributed by atoms with Crippen molar-refractivity contribution in [2.45, 2.75) is 13.0 Å². The van der Waals surface area contributed by atoms with E-state index in [-0.39, 0.29) is 17.6 Å². The molecular weight excluding hydrogens is 240 g/mol. The number of rotatable bonds is 4. The molecule has 0 aliphatic heterocycles. The summed E-state index contributed by atoms with van der Waals surface area (Å²) in [6, 6.07) is 3.29. The van der Waals surface area contributed by atoms with Gasteiger partial charge in [-0.15, -0.1) is 11.3 Å². The van der Waals surface area contributed by atoms with Gasteiger partial charge in [0.05, 0.1) is 0 Å². The molecule has 2 aromatic rings. The van der Waals surface area contributed by atoms with Gasteiger partial charge in [0.1, 0.15) is 6.04 Å². The highest BCUT2D eigenvalue weighted by Gasteiger charge is 2.20. The Morgan fingerprint density at radius 2 is 2.53 bits per heavy atom. The second-order valence-electron chi connectivity index (χ2n) is 3.31. The molecular formula is C10H12N4O2S. The zero-order chi connectivity index (χ0) is 12.3. The summed E-state index contributed by atoms with van der Waals surface area (Å²) < 4.78 is 4.98. The van der Waals surface area contributed by atoms with Crippen LogP contribution >= 0.6 is 11.3 Å². The molecule has 0 saturated heterocycles. The van der Waals surface area contributed by atoms with Crippen LogP contribution in [-0.2, 0) is 0 Å². The summed E-state index contributed by atoms with van der Waals surface area (Å²) in [6.07, 6.45) is 0. The normalized spacial score (nSPS) is 12.4. The Labute approximate surface area is 102 Å². The molecule has 1 unspecified atom stereocenters. The molecule has 17 heavy (non-hydrogen) atoms. The van der Waals surface area contributed by atoms with Crippen molar-refractivity contribution in [2.24, 2.45) is 5.73 Å². The van der Waals surface area contributed by atoms with Gasteiger partial charge in [-0.2, -0.15) is 4.98 Å². The SMILES string of the molecule is CCNC(=O)c1noc(C(N)c2cccs2)n1. The van der Waals surface area contributed by atoms with Crippen LogP contribution in [-0.4, -0.2) is 22.6 Å². The Kier molecular flexibility index (Phi) is 3.50. The fourth-order valence-corrected chi connectivity index (χ4v) is 2.00.